The van der Waals surface area contributed by atoms with Gasteiger partial charge < -0.3 is 25.4 Å². The normalized spacial score (nSPS) is 12.0. The van der Waals surface area contributed by atoms with Crippen molar-refractivity contribution < 1.29 is 23.5 Å². The first-order valence-electron chi connectivity index (χ1n) is 9.51. The molecule has 2 amide bonds. The van der Waals surface area contributed by atoms with Crippen LogP contribution in [-0.2, 0) is 6.54 Å². The number of rotatable bonds is 6. The number of anilines is 3. The minimum atomic E-state index is -0.433. The largest absolute Gasteiger partial charge is 0.493 e. The number of ether oxygens (including phenoxy) is 2. The number of para-hydroxylation sites is 1. The summed E-state index contributed by atoms with van der Waals surface area (Å²) in [6.45, 7) is 0.309. The van der Waals surface area contributed by atoms with E-state index in [1.54, 1.807) is 32.4 Å². The molecule has 0 atom stereocenters. The molecule has 4 rings (SSSR count). The number of benzene rings is 3. The third-order valence-electron chi connectivity index (χ3n) is 4.99. The van der Waals surface area contributed by atoms with Crippen molar-refractivity contribution in [2.75, 3.05) is 24.9 Å². The zero-order chi connectivity index (χ0) is 22.0. The second kappa shape index (κ2) is 8.35. The van der Waals surface area contributed by atoms with Gasteiger partial charge in [-0.3, -0.25) is 9.59 Å². The monoisotopic (exact) mass is 421 g/mol. The van der Waals surface area contributed by atoms with Crippen molar-refractivity contribution in [1.82, 2.24) is 5.32 Å². The van der Waals surface area contributed by atoms with Crippen molar-refractivity contribution in [3.05, 3.63) is 77.1 Å². The van der Waals surface area contributed by atoms with Crippen molar-refractivity contribution in [2.24, 2.45) is 0 Å². The zero-order valence-corrected chi connectivity index (χ0v) is 16.9. The van der Waals surface area contributed by atoms with Gasteiger partial charge in [0.15, 0.2) is 11.5 Å². The molecule has 1 heterocycles. The first-order valence-corrected chi connectivity index (χ1v) is 9.51. The van der Waals surface area contributed by atoms with Gasteiger partial charge in [0.2, 0.25) is 0 Å². The van der Waals surface area contributed by atoms with E-state index >= 15 is 0 Å². The summed E-state index contributed by atoms with van der Waals surface area (Å²) in [5, 5.41) is 8.82. The molecule has 3 aromatic rings. The predicted molar refractivity (Wildman–Crippen MR) is 115 cm³/mol. The van der Waals surface area contributed by atoms with E-state index in [-0.39, 0.29) is 11.5 Å². The Morgan fingerprint density at radius 3 is 2.42 bits per heavy atom. The van der Waals surface area contributed by atoms with Gasteiger partial charge in [0.1, 0.15) is 5.82 Å². The number of halogens is 1. The molecule has 1 aliphatic rings. The van der Waals surface area contributed by atoms with E-state index in [4.69, 9.17) is 9.47 Å². The van der Waals surface area contributed by atoms with Crippen molar-refractivity contribution in [2.45, 2.75) is 6.54 Å². The lowest BCUT2D eigenvalue weighted by atomic mass is 10.0. The van der Waals surface area contributed by atoms with E-state index < -0.39 is 11.7 Å². The molecular weight excluding hydrogens is 401 g/mol. The van der Waals surface area contributed by atoms with Crippen LogP contribution in [0.4, 0.5) is 21.5 Å². The van der Waals surface area contributed by atoms with Gasteiger partial charge in [0.05, 0.1) is 31.2 Å². The molecule has 0 saturated carbocycles. The molecule has 3 aromatic carbocycles. The van der Waals surface area contributed by atoms with E-state index in [1.165, 1.54) is 24.3 Å². The molecule has 0 aromatic heterocycles. The lowest BCUT2D eigenvalue weighted by Crippen LogP contribution is -2.17. The van der Waals surface area contributed by atoms with Gasteiger partial charge in [-0.2, -0.15) is 0 Å². The maximum atomic E-state index is 13.1. The summed E-state index contributed by atoms with van der Waals surface area (Å²) in [6.07, 6.45) is 0. The summed E-state index contributed by atoms with van der Waals surface area (Å²) in [7, 11) is 3.10. The molecule has 7 nitrogen and oxygen atoms in total. The lowest BCUT2D eigenvalue weighted by Gasteiger charge is -2.17. The van der Waals surface area contributed by atoms with E-state index in [0.29, 0.717) is 46.2 Å². The van der Waals surface area contributed by atoms with Crippen LogP contribution in [0.25, 0.3) is 0 Å². The lowest BCUT2D eigenvalue weighted by molar-refractivity contribution is 0.0966. The molecule has 1 aliphatic heterocycles. The standard InChI is InChI=1S/C23H20FN3O4/c1-30-19-5-3-4-18(21(19)31-2)26-16-10-11-17(20-15(16)12-25-23(20)29)27-22(28)13-6-8-14(24)9-7-13/h3-11,26H,12H2,1-2H3,(H,25,29)(H,27,28). The van der Waals surface area contributed by atoms with Crippen molar-refractivity contribution >= 4 is 28.9 Å². The van der Waals surface area contributed by atoms with Gasteiger partial charge in [-0.15, -0.1) is 0 Å². The Labute approximate surface area is 178 Å². The SMILES string of the molecule is COc1cccc(Nc2ccc(NC(=O)c3ccc(F)cc3)c3c2CNC3=O)c1OC. The van der Waals surface area contributed by atoms with Crippen LogP contribution in [0, 0.1) is 5.82 Å². The van der Waals surface area contributed by atoms with Crippen molar-refractivity contribution in [3.8, 4) is 11.5 Å². The maximum Gasteiger partial charge on any atom is 0.255 e. The summed E-state index contributed by atoms with van der Waals surface area (Å²) in [4.78, 5) is 25.0. The first kappa shape index (κ1) is 20.2. The molecule has 0 saturated heterocycles. The van der Waals surface area contributed by atoms with Crippen LogP contribution in [0.5, 0.6) is 11.5 Å². The number of amides is 2. The Morgan fingerprint density at radius 2 is 1.71 bits per heavy atom. The highest BCUT2D eigenvalue weighted by molar-refractivity contribution is 6.11. The van der Waals surface area contributed by atoms with Crippen LogP contribution in [-0.4, -0.2) is 26.0 Å². The molecule has 0 aliphatic carbocycles. The van der Waals surface area contributed by atoms with Crippen LogP contribution in [0.3, 0.4) is 0 Å². The highest BCUT2D eigenvalue weighted by Crippen LogP contribution is 2.39. The number of carbonyl (C=O) groups excluding carboxylic acids is 2. The molecule has 31 heavy (non-hydrogen) atoms. The Balaban J connectivity index is 1.67. The van der Waals surface area contributed by atoms with Crippen LogP contribution in [0.1, 0.15) is 26.3 Å². The fourth-order valence-corrected chi connectivity index (χ4v) is 3.50. The second-order valence-corrected chi connectivity index (χ2v) is 6.82. The molecule has 0 unspecified atom stereocenters. The number of methoxy groups -OCH3 is 2. The topological polar surface area (TPSA) is 88.7 Å². The Morgan fingerprint density at radius 1 is 0.968 bits per heavy atom. The smallest absolute Gasteiger partial charge is 0.255 e. The van der Waals surface area contributed by atoms with Crippen molar-refractivity contribution in [3.63, 3.8) is 0 Å². The highest BCUT2D eigenvalue weighted by atomic mass is 19.1. The molecule has 0 bridgehead atoms. The second-order valence-electron chi connectivity index (χ2n) is 6.82. The van der Waals surface area contributed by atoms with E-state index in [2.05, 4.69) is 16.0 Å². The molecule has 158 valence electrons. The maximum absolute atomic E-state index is 13.1. The Hall–Kier alpha value is -4.07. The number of hydrogen-bond acceptors (Lipinski definition) is 5. The quantitative estimate of drug-likeness (QED) is 0.558. The van der Waals surface area contributed by atoms with E-state index in [9.17, 15) is 14.0 Å². The zero-order valence-electron chi connectivity index (χ0n) is 16.9. The van der Waals surface area contributed by atoms with E-state index in [1.807, 2.05) is 12.1 Å². The van der Waals surface area contributed by atoms with Gasteiger partial charge in [-0.1, -0.05) is 6.07 Å². The van der Waals surface area contributed by atoms with Crippen LogP contribution in [0.15, 0.2) is 54.6 Å². The third-order valence-corrected chi connectivity index (χ3v) is 4.99. The number of carbonyl (C=O) groups is 2. The summed E-state index contributed by atoms with van der Waals surface area (Å²) in [6, 6.07) is 14.1. The van der Waals surface area contributed by atoms with Crippen molar-refractivity contribution in [1.29, 1.82) is 0 Å². The number of hydrogen-bond donors (Lipinski definition) is 3. The highest BCUT2D eigenvalue weighted by Gasteiger charge is 2.27. The minimum absolute atomic E-state index is 0.286. The molecule has 3 N–H and O–H groups in total. The van der Waals surface area contributed by atoms with Gasteiger partial charge in [-0.25, -0.2) is 4.39 Å². The summed E-state index contributed by atoms with van der Waals surface area (Å²) in [5.74, 6) is -0.0470. The molecule has 0 fully saturated rings. The van der Waals surface area contributed by atoms with Crippen LogP contribution >= 0.6 is 0 Å². The molecule has 8 heteroatoms. The first-order chi connectivity index (χ1) is 15.0. The van der Waals surface area contributed by atoms with Gasteiger partial charge in [0.25, 0.3) is 11.8 Å². The number of nitrogens with one attached hydrogen (secondary N) is 3. The minimum Gasteiger partial charge on any atom is -0.493 e. The Kier molecular flexibility index (Phi) is 5.44. The third kappa shape index (κ3) is 3.87. The van der Waals surface area contributed by atoms with Crippen LogP contribution < -0.4 is 25.4 Å². The average Bonchev–Trinajstić information content (AvgIpc) is 3.17. The molecule has 0 radical (unpaired) electrons. The summed E-state index contributed by atoms with van der Waals surface area (Å²) in [5.41, 5.74) is 3.12. The fourth-order valence-electron chi connectivity index (χ4n) is 3.50. The van der Waals surface area contributed by atoms with E-state index in [0.717, 1.165) is 0 Å². The van der Waals surface area contributed by atoms with Crippen LogP contribution in [0.2, 0.25) is 0 Å². The Bertz CT molecular complexity index is 1160. The molecule has 0 spiro atoms. The van der Waals surface area contributed by atoms with Gasteiger partial charge >= 0.3 is 0 Å². The van der Waals surface area contributed by atoms with Gasteiger partial charge in [-0.05, 0) is 48.5 Å². The number of fused-ring (bicyclic) bond motifs is 1. The fraction of sp³-hybridized carbons (Fsp3) is 0.130. The predicted octanol–water partition coefficient (Wildman–Crippen LogP) is 4.08. The average molecular weight is 421 g/mol. The summed E-state index contributed by atoms with van der Waals surface area (Å²) >= 11 is 0. The molecular formula is C23H20FN3O4. The summed E-state index contributed by atoms with van der Waals surface area (Å²) < 4.78 is 23.9. The van der Waals surface area contributed by atoms with Gasteiger partial charge in [0, 0.05) is 23.4 Å².